The Balaban J connectivity index is 2.46. The first-order valence-electron chi connectivity index (χ1n) is 5.22. The van der Waals surface area contributed by atoms with E-state index in [0.717, 1.165) is 35.6 Å². The lowest BCUT2D eigenvalue weighted by atomic mass is 9.95. The summed E-state index contributed by atoms with van der Waals surface area (Å²) in [6, 6.07) is 4.49. The number of nitrogens with one attached hydrogen (secondary N) is 1. The van der Waals surface area contributed by atoms with Gasteiger partial charge in [-0.2, -0.15) is 0 Å². The van der Waals surface area contributed by atoms with Crippen molar-refractivity contribution in [1.29, 1.82) is 0 Å². The Morgan fingerprint density at radius 3 is 2.07 bits per heavy atom. The average molecular weight is 207 g/mol. The summed E-state index contributed by atoms with van der Waals surface area (Å²) in [5.41, 5.74) is 2.31. The maximum atomic E-state index is 5.41. The molecule has 1 N–H and O–H groups in total. The summed E-state index contributed by atoms with van der Waals surface area (Å²) in [6.45, 7) is 3.12. The third-order valence-electron chi connectivity index (χ3n) is 2.86. The van der Waals surface area contributed by atoms with Gasteiger partial charge >= 0.3 is 0 Å². The van der Waals surface area contributed by atoms with Gasteiger partial charge in [-0.1, -0.05) is 0 Å². The molecular weight excluding hydrogens is 190 g/mol. The monoisotopic (exact) mass is 207 g/mol. The molecule has 1 aromatic rings. The van der Waals surface area contributed by atoms with E-state index in [2.05, 4.69) is 17.4 Å². The Kier molecular flexibility index (Phi) is 2.82. The van der Waals surface area contributed by atoms with Gasteiger partial charge in [0, 0.05) is 6.04 Å². The molecule has 1 heterocycles. The standard InChI is InChI=1S/C12H17NO2/c1-8-6-10(14-2)12(9-4-5-13-9)11(7-8)15-3/h6-7,9,13H,4-5H2,1-3H3. The van der Waals surface area contributed by atoms with E-state index in [1.807, 2.05) is 6.92 Å². The Labute approximate surface area is 90.4 Å². The zero-order valence-electron chi connectivity index (χ0n) is 9.46. The molecule has 0 aromatic heterocycles. The van der Waals surface area contributed by atoms with E-state index in [1.54, 1.807) is 14.2 Å². The van der Waals surface area contributed by atoms with Crippen LogP contribution < -0.4 is 14.8 Å². The van der Waals surface area contributed by atoms with Crippen LogP contribution in [0.1, 0.15) is 23.6 Å². The Bertz CT molecular complexity index is 334. The van der Waals surface area contributed by atoms with Gasteiger partial charge in [0.15, 0.2) is 0 Å². The van der Waals surface area contributed by atoms with Crippen LogP contribution in [0.4, 0.5) is 0 Å². The Hall–Kier alpha value is -1.22. The summed E-state index contributed by atoms with van der Waals surface area (Å²) < 4.78 is 10.8. The van der Waals surface area contributed by atoms with Crippen molar-refractivity contribution in [1.82, 2.24) is 5.32 Å². The number of ether oxygens (including phenoxy) is 2. The molecule has 2 rings (SSSR count). The SMILES string of the molecule is COc1cc(C)cc(OC)c1C1CCN1. The summed E-state index contributed by atoms with van der Waals surface area (Å²) in [7, 11) is 3.41. The minimum absolute atomic E-state index is 0.385. The quantitative estimate of drug-likeness (QED) is 0.822. The van der Waals surface area contributed by atoms with Gasteiger partial charge < -0.3 is 14.8 Å². The lowest BCUT2D eigenvalue weighted by Gasteiger charge is -2.30. The van der Waals surface area contributed by atoms with E-state index in [-0.39, 0.29) is 0 Å². The van der Waals surface area contributed by atoms with Crippen LogP contribution in [0.5, 0.6) is 11.5 Å². The molecule has 1 atom stereocenters. The number of benzene rings is 1. The number of methoxy groups -OCH3 is 2. The van der Waals surface area contributed by atoms with Gasteiger partial charge in [-0.15, -0.1) is 0 Å². The van der Waals surface area contributed by atoms with Crippen molar-refractivity contribution < 1.29 is 9.47 Å². The fourth-order valence-corrected chi connectivity index (χ4v) is 1.95. The van der Waals surface area contributed by atoms with Gasteiger partial charge in [0.1, 0.15) is 11.5 Å². The van der Waals surface area contributed by atoms with Crippen LogP contribution in [-0.4, -0.2) is 20.8 Å². The first-order chi connectivity index (χ1) is 7.26. The van der Waals surface area contributed by atoms with E-state index >= 15 is 0 Å². The number of hydrogen-bond acceptors (Lipinski definition) is 3. The van der Waals surface area contributed by atoms with Gasteiger partial charge in [0.05, 0.1) is 19.8 Å². The third kappa shape index (κ3) is 1.79. The molecule has 1 fully saturated rings. The molecule has 1 aliphatic heterocycles. The van der Waals surface area contributed by atoms with Crippen LogP contribution in [0.25, 0.3) is 0 Å². The van der Waals surface area contributed by atoms with Gasteiger partial charge in [-0.3, -0.25) is 0 Å². The second-order valence-corrected chi connectivity index (χ2v) is 3.88. The molecule has 1 unspecified atom stereocenters. The molecule has 0 radical (unpaired) electrons. The summed E-state index contributed by atoms with van der Waals surface area (Å²) >= 11 is 0. The summed E-state index contributed by atoms with van der Waals surface area (Å²) in [5, 5.41) is 3.37. The largest absolute Gasteiger partial charge is 0.496 e. The van der Waals surface area contributed by atoms with Crippen LogP contribution in [0, 0.1) is 6.92 Å². The molecule has 0 amide bonds. The molecule has 3 nitrogen and oxygen atoms in total. The first kappa shape index (κ1) is 10.3. The third-order valence-corrected chi connectivity index (χ3v) is 2.86. The predicted molar refractivity (Wildman–Crippen MR) is 59.6 cm³/mol. The lowest BCUT2D eigenvalue weighted by molar-refractivity contribution is 0.330. The van der Waals surface area contributed by atoms with Crippen LogP contribution in [0.3, 0.4) is 0 Å². The zero-order chi connectivity index (χ0) is 10.8. The molecule has 3 heteroatoms. The van der Waals surface area contributed by atoms with Crippen molar-refractivity contribution in [3.63, 3.8) is 0 Å². The van der Waals surface area contributed by atoms with Crippen LogP contribution in [0.15, 0.2) is 12.1 Å². The van der Waals surface area contributed by atoms with Crippen molar-refractivity contribution in [3.05, 3.63) is 23.3 Å². The minimum atomic E-state index is 0.385. The van der Waals surface area contributed by atoms with E-state index < -0.39 is 0 Å². The molecule has 1 aliphatic rings. The van der Waals surface area contributed by atoms with Gasteiger partial charge in [-0.25, -0.2) is 0 Å². The van der Waals surface area contributed by atoms with E-state index in [0.29, 0.717) is 6.04 Å². The highest BCUT2D eigenvalue weighted by molar-refractivity contribution is 5.50. The molecule has 0 saturated carbocycles. The van der Waals surface area contributed by atoms with Crippen LogP contribution in [-0.2, 0) is 0 Å². The van der Waals surface area contributed by atoms with E-state index in [1.165, 1.54) is 0 Å². The number of aryl methyl sites for hydroxylation is 1. The van der Waals surface area contributed by atoms with Crippen molar-refractivity contribution in [3.8, 4) is 11.5 Å². The normalized spacial score (nSPS) is 19.5. The molecule has 0 bridgehead atoms. The van der Waals surface area contributed by atoms with Crippen LogP contribution in [0.2, 0.25) is 0 Å². The summed E-state index contributed by atoms with van der Waals surface area (Å²) in [6.07, 6.45) is 1.15. The van der Waals surface area contributed by atoms with Crippen molar-refractivity contribution in [2.24, 2.45) is 0 Å². The molecule has 82 valence electrons. The predicted octanol–water partition coefficient (Wildman–Crippen LogP) is 2.05. The highest BCUT2D eigenvalue weighted by atomic mass is 16.5. The maximum absolute atomic E-state index is 5.41. The topological polar surface area (TPSA) is 30.5 Å². The Morgan fingerprint density at radius 1 is 1.20 bits per heavy atom. The maximum Gasteiger partial charge on any atom is 0.127 e. The van der Waals surface area contributed by atoms with E-state index in [9.17, 15) is 0 Å². The van der Waals surface area contributed by atoms with Crippen molar-refractivity contribution in [2.45, 2.75) is 19.4 Å². The number of rotatable bonds is 3. The lowest BCUT2D eigenvalue weighted by Crippen LogP contribution is -2.35. The van der Waals surface area contributed by atoms with Crippen LogP contribution >= 0.6 is 0 Å². The minimum Gasteiger partial charge on any atom is -0.496 e. The second-order valence-electron chi connectivity index (χ2n) is 3.88. The van der Waals surface area contributed by atoms with Crippen molar-refractivity contribution >= 4 is 0 Å². The molecule has 1 aromatic carbocycles. The second kappa shape index (κ2) is 4.11. The van der Waals surface area contributed by atoms with E-state index in [4.69, 9.17) is 9.47 Å². The molecular formula is C12H17NO2. The fraction of sp³-hybridized carbons (Fsp3) is 0.500. The zero-order valence-corrected chi connectivity index (χ0v) is 9.46. The average Bonchev–Trinajstić information content (AvgIpc) is 2.17. The van der Waals surface area contributed by atoms with Gasteiger partial charge in [0.25, 0.3) is 0 Å². The van der Waals surface area contributed by atoms with Gasteiger partial charge in [0.2, 0.25) is 0 Å². The molecule has 0 aliphatic carbocycles. The van der Waals surface area contributed by atoms with Crippen molar-refractivity contribution in [2.75, 3.05) is 20.8 Å². The molecule has 0 spiro atoms. The summed E-state index contributed by atoms with van der Waals surface area (Å²) in [5.74, 6) is 1.84. The molecule has 15 heavy (non-hydrogen) atoms. The smallest absolute Gasteiger partial charge is 0.127 e. The highest BCUT2D eigenvalue weighted by Gasteiger charge is 2.25. The van der Waals surface area contributed by atoms with Gasteiger partial charge in [-0.05, 0) is 37.6 Å². The first-order valence-corrected chi connectivity index (χ1v) is 5.22. The highest BCUT2D eigenvalue weighted by Crippen LogP contribution is 2.39. The Morgan fingerprint density at radius 2 is 1.73 bits per heavy atom. The molecule has 1 saturated heterocycles. The number of hydrogen-bond donors (Lipinski definition) is 1. The summed E-state index contributed by atoms with van der Waals surface area (Å²) in [4.78, 5) is 0. The fourth-order valence-electron chi connectivity index (χ4n) is 1.95.